The summed E-state index contributed by atoms with van der Waals surface area (Å²) in [6.07, 6.45) is 2.94. The lowest BCUT2D eigenvalue weighted by molar-refractivity contribution is -0.137. The van der Waals surface area contributed by atoms with Gasteiger partial charge in [-0.3, -0.25) is 14.4 Å². The number of hydrogen-bond acceptors (Lipinski definition) is 6. The summed E-state index contributed by atoms with van der Waals surface area (Å²) in [4.78, 5) is 35.6. The van der Waals surface area contributed by atoms with E-state index >= 15 is 0 Å². The van der Waals surface area contributed by atoms with Gasteiger partial charge in [0.2, 0.25) is 5.91 Å². The molecule has 0 aliphatic heterocycles. The van der Waals surface area contributed by atoms with Crippen LogP contribution in [0, 0.1) is 0 Å². The summed E-state index contributed by atoms with van der Waals surface area (Å²) in [7, 11) is -1.26. The molecule has 9 nitrogen and oxygen atoms in total. The van der Waals surface area contributed by atoms with Crippen molar-refractivity contribution >= 4 is 37.8 Å². The number of amides is 2. The van der Waals surface area contributed by atoms with Crippen molar-refractivity contribution in [2.24, 2.45) is 0 Å². The summed E-state index contributed by atoms with van der Waals surface area (Å²) in [6, 6.07) is 14.3. The number of para-hydroxylation sites is 1. The van der Waals surface area contributed by atoms with Gasteiger partial charge in [0.05, 0.1) is 31.1 Å². The Kier molecular flexibility index (Phi) is 13.7. The van der Waals surface area contributed by atoms with E-state index < -0.39 is 14.6 Å². The molecule has 0 aromatic heterocycles. The van der Waals surface area contributed by atoms with Crippen molar-refractivity contribution in [3.8, 4) is 0 Å². The fraction of sp³-hybridized carbons (Fsp3) is 0.423. The van der Waals surface area contributed by atoms with Crippen LogP contribution in [0.3, 0.4) is 0 Å². The molecular weight excluding hydrogens is 483 g/mol. The molecule has 0 heterocycles. The lowest BCUT2D eigenvalue weighted by Gasteiger charge is -2.14. The first-order valence-corrected chi connectivity index (χ1v) is 13.2. The highest BCUT2D eigenvalue weighted by molar-refractivity contribution is 7.41. The van der Waals surface area contributed by atoms with Crippen LogP contribution in [0.25, 0.3) is 0 Å². The molecule has 2 aromatic carbocycles. The molecule has 0 saturated heterocycles. The van der Waals surface area contributed by atoms with Crippen LogP contribution in [0.5, 0.6) is 0 Å². The molecule has 2 aromatic rings. The van der Waals surface area contributed by atoms with Gasteiger partial charge in [0, 0.05) is 18.5 Å². The average Bonchev–Trinajstić information content (AvgIpc) is 2.85. The average molecular weight is 519 g/mol. The molecule has 0 unspecified atom stereocenters. The quantitative estimate of drug-likeness (QED) is 0.179. The standard InChI is InChI=1S/C26H35N2O7P/c1-3-33-36(34-4-2)35-19-8-7-10-20-15-17-21(18-16-20)27-26(32)22-11-5-6-12-23(22)28-24(29)13-9-14-25(30)31/h5-6,11-12,15-18H,3-4,7-10,13-14,19H2,1-2H3,(H,27,32)(H,28,29)(H,30,31). The van der Waals surface area contributed by atoms with Crippen LogP contribution in [0.4, 0.5) is 11.4 Å². The molecule has 3 N–H and O–H groups in total. The zero-order valence-electron chi connectivity index (χ0n) is 20.8. The highest BCUT2D eigenvalue weighted by Crippen LogP contribution is 2.39. The Labute approximate surface area is 213 Å². The minimum absolute atomic E-state index is 0.0658. The first-order chi connectivity index (χ1) is 17.4. The lowest BCUT2D eigenvalue weighted by Crippen LogP contribution is -2.18. The van der Waals surface area contributed by atoms with Crippen LogP contribution >= 0.6 is 8.60 Å². The fourth-order valence-corrected chi connectivity index (χ4v) is 4.17. The number of aryl methyl sites for hydroxylation is 1. The van der Waals surface area contributed by atoms with Gasteiger partial charge in [-0.2, -0.15) is 0 Å². The molecule has 0 bridgehead atoms. The van der Waals surface area contributed by atoms with E-state index in [1.54, 1.807) is 24.3 Å². The number of hydrogen-bond donors (Lipinski definition) is 3. The second-order valence-corrected chi connectivity index (χ2v) is 9.06. The van der Waals surface area contributed by atoms with E-state index in [4.69, 9.17) is 18.7 Å². The Morgan fingerprint density at radius 1 is 0.833 bits per heavy atom. The number of carbonyl (C=O) groups is 3. The van der Waals surface area contributed by atoms with E-state index in [0.717, 1.165) is 24.8 Å². The first kappa shape index (κ1) is 29.4. The molecule has 10 heteroatoms. The fourth-order valence-electron chi connectivity index (χ4n) is 3.25. The van der Waals surface area contributed by atoms with E-state index in [1.165, 1.54) is 0 Å². The molecule has 0 aliphatic rings. The topological polar surface area (TPSA) is 123 Å². The minimum Gasteiger partial charge on any atom is -0.481 e. The van der Waals surface area contributed by atoms with E-state index in [0.29, 0.717) is 36.8 Å². The predicted molar refractivity (Wildman–Crippen MR) is 140 cm³/mol. The summed E-state index contributed by atoms with van der Waals surface area (Å²) in [5.74, 6) is -1.63. The van der Waals surface area contributed by atoms with Gasteiger partial charge in [-0.25, -0.2) is 0 Å². The van der Waals surface area contributed by atoms with Gasteiger partial charge in [0.15, 0.2) is 0 Å². The van der Waals surface area contributed by atoms with Crippen LogP contribution in [0.15, 0.2) is 48.5 Å². The zero-order chi connectivity index (χ0) is 26.2. The van der Waals surface area contributed by atoms with Gasteiger partial charge >= 0.3 is 14.6 Å². The van der Waals surface area contributed by atoms with Crippen LogP contribution in [-0.4, -0.2) is 42.7 Å². The Morgan fingerprint density at radius 3 is 2.19 bits per heavy atom. The van der Waals surface area contributed by atoms with Gasteiger partial charge in [-0.05, 0) is 69.4 Å². The SMILES string of the molecule is CCOP(OCC)OCCCCc1ccc(NC(=O)c2ccccc2NC(=O)CCCC(=O)O)cc1. The molecule has 36 heavy (non-hydrogen) atoms. The maximum atomic E-state index is 12.8. The molecule has 0 spiro atoms. The largest absolute Gasteiger partial charge is 0.481 e. The molecule has 2 amide bonds. The number of carboxylic acid groups (broad SMARTS) is 1. The van der Waals surface area contributed by atoms with Crippen molar-refractivity contribution in [3.63, 3.8) is 0 Å². The Morgan fingerprint density at radius 2 is 1.53 bits per heavy atom. The van der Waals surface area contributed by atoms with Gasteiger partial charge in [0.1, 0.15) is 0 Å². The van der Waals surface area contributed by atoms with E-state index in [-0.39, 0.29) is 31.1 Å². The number of carbonyl (C=O) groups excluding carboxylic acids is 2. The highest BCUT2D eigenvalue weighted by atomic mass is 31.2. The number of rotatable bonds is 17. The monoisotopic (exact) mass is 518 g/mol. The lowest BCUT2D eigenvalue weighted by atomic mass is 10.1. The third-order valence-electron chi connectivity index (χ3n) is 4.98. The maximum absolute atomic E-state index is 12.8. The zero-order valence-corrected chi connectivity index (χ0v) is 21.7. The molecule has 0 atom stereocenters. The summed E-state index contributed by atoms with van der Waals surface area (Å²) < 4.78 is 16.5. The van der Waals surface area contributed by atoms with Crippen molar-refractivity contribution in [2.45, 2.75) is 52.4 Å². The summed E-state index contributed by atoms with van der Waals surface area (Å²) in [5, 5.41) is 14.3. The normalized spacial score (nSPS) is 10.9. The van der Waals surface area contributed by atoms with E-state index in [2.05, 4.69) is 10.6 Å². The van der Waals surface area contributed by atoms with Crippen LogP contribution in [0.2, 0.25) is 0 Å². The summed E-state index contributed by atoms with van der Waals surface area (Å²) >= 11 is 0. The molecule has 2 rings (SSSR count). The molecular formula is C26H35N2O7P. The Balaban J connectivity index is 1.81. The maximum Gasteiger partial charge on any atom is 0.332 e. The number of unbranched alkanes of at least 4 members (excludes halogenated alkanes) is 1. The van der Waals surface area contributed by atoms with Crippen molar-refractivity contribution in [3.05, 3.63) is 59.7 Å². The van der Waals surface area contributed by atoms with Crippen LogP contribution in [-0.2, 0) is 29.6 Å². The van der Waals surface area contributed by atoms with Crippen molar-refractivity contribution in [1.29, 1.82) is 0 Å². The van der Waals surface area contributed by atoms with Crippen molar-refractivity contribution < 1.29 is 33.1 Å². The third kappa shape index (κ3) is 11.3. The van der Waals surface area contributed by atoms with Crippen LogP contribution < -0.4 is 10.6 Å². The predicted octanol–water partition coefficient (Wildman–Crippen LogP) is 5.77. The van der Waals surface area contributed by atoms with Crippen molar-refractivity contribution in [1.82, 2.24) is 0 Å². The second-order valence-electron chi connectivity index (χ2n) is 7.84. The second kappa shape index (κ2) is 16.8. The highest BCUT2D eigenvalue weighted by Gasteiger charge is 2.14. The smallest absolute Gasteiger partial charge is 0.332 e. The third-order valence-corrected chi connectivity index (χ3v) is 6.31. The Hall–Kier alpha value is -2.84. The van der Waals surface area contributed by atoms with Crippen molar-refractivity contribution in [2.75, 3.05) is 30.5 Å². The number of carboxylic acids is 1. The van der Waals surface area contributed by atoms with Gasteiger partial charge in [-0.1, -0.05) is 24.3 Å². The van der Waals surface area contributed by atoms with E-state index in [1.807, 2.05) is 38.1 Å². The number of aliphatic carboxylic acids is 1. The summed E-state index contributed by atoms with van der Waals surface area (Å²) in [6.45, 7) is 5.52. The van der Waals surface area contributed by atoms with Gasteiger partial charge < -0.3 is 29.3 Å². The minimum atomic E-state index is -1.26. The Bertz CT molecular complexity index is 963. The molecule has 0 saturated carbocycles. The molecule has 196 valence electrons. The molecule has 0 radical (unpaired) electrons. The van der Waals surface area contributed by atoms with Crippen LogP contribution in [0.1, 0.15) is 61.9 Å². The van der Waals surface area contributed by atoms with Gasteiger partial charge in [-0.15, -0.1) is 0 Å². The summed E-state index contributed by atoms with van der Waals surface area (Å²) in [5.41, 5.74) is 2.51. The molecule has 0 aliphatic carbocycles. The van der Waals surface area contributed by atoms with Gasteiger partial charge in [0.25, 0.3) is 5.91 Å². The van der Waals surface area contributed by atoms with E-state index in [9.17, 15) is 14.4 Å². The number of benzene rings is 2. The number of anilines is 2. The number of nitrogens with one attached hydrogen (secondary N) is 2. The molecule has 0 fully saturated rings. The first-order valence-electron chi connectivity index (χ1n) is 12.1.